The van der Waals surface area contributed by atoms with E-state index in [-0.39, 0.29) is 17.7 Å². The lowest BCUT2D eigenvalue weighted by Gasteiger charge is -2.08. The first-order valence-corrected chi connectivity index (χ1v) is 5.45. The van der Waals surface area contributed by atoms with E-state index in [0.717, 1.165) is 0 Å². The molecule has 0 aliphatic heterocycles. The molecule has 0 unspecified atom stereocenters. The predicted molar refractivity (Wildman–Crippen MR) is 63.9 cm³/mol. The van der Waals surface area contributed by atoms with Crippen LogP contribution in [0.2, 0.25) is 0 Å². The zero-order chi connectivity index (χ0) is 13.1. The standard InChI is InChI=1S/C13H11N3O2/c1-2-18-13(17)10-7-9(8-14)12(15)16-6-4-3-5-11(10)16/h3-7,15H,2H2,1H3. The minimum Gasteiger partial charge on any atom is -0.462 e. The van der Waals surface area contributed by atoms with Crippen molar-refractivity contribution in [1.82, 2.24) is 4.40 Å². The van der Waals surface area contributed by atoms with Gasteiger partial charge in [-0.2, -0.15) is 5.26 Å². The van der Waals surface area contributed by atoms with Gasteiger partial charge in [0.2, 0.25) is 0 Å². The Kier molecular flexibility index (Phi) is 3.11. The predicted octanol–water partition coefficient (Wildman–Crippen LogP) is 1.47. The number of esters is 1. The molecule has 0 bridgehead atoms. The summed E-state index contributed by atoms with van der Waals surface area (Å²) < 4.78 is 6.44. The van der Waals surface area contributed by atoms with Crippen LogP contribution in [0.25, 0.3) is 5.52 Å². The van der Waals surface area contributed by atoms with Crippen molar-refractivity contribution in [3.63, 3.8) is 0 Å². The lowest BCUT2D eigenvalue weighted by Crippen LogP contribution is -2.20. The second-order valence-corrected chi connectivity index (χ2v) is 3.61. The Morgan fingerprint density at radius 2 is 2.33 bits per heavy atom. The number of aromatic nitrogens is 1. The Morgan fingerprint density at radius 1 is 1.56 bits per heavy atom. The van der Waals surface area contributed by atoms with Crippen molar-refractivity contribution in [3.8, 4) is 6.07 Å². The normalized spacial score (nSPS) is 10.0. The van der Waals surface area contributed by atoms with Gasteiger partial charge >= 0.3 is 5.97 Å². The Labute approximate surface area is 103 Å². The van der Waals surface area contributed by atoms with Gasteiger partial charge in [-0.1, -0.05) is 6.07 Å². The van der Waals surface area contributed by atoms with Crippen molar-refractivity contribution in [2.45, 2.75) is 6.92 Å². The summed E-state index contributed by atoms with van der Waals surface area (Å²) >= 11 is 0. The first-order valence-electron chi connectivity index (χ1n) is 5.45. The third kappa shape index (κ3) is 1.84. The van der Waals surface area contributed by atoms with Crippen molar-refractivity contribution in [3.05, 3.63) is 47.1 Å². The number of nitriles is 1. The third-order valence-corrected chi connectivity index (χ3v) is 2.54. The molecule has 0 aromatic carbocycles. The number of carbonyl (C=O) groups excluding carboxylic acids is 1. The summed E-state index contributed by atoms with van der Waals surface area (Å²) in [6, 6.07) is 8.53. The molecule has 2 aromatic heterocycles. The molecule has 18 heavy (non-hydrogen) atoms. The molecule has 2 rings (SSSR count). The summed E-state index contributed by atoms with van der Waals surface area (Å²) in [6.07, 6.45) is 1.64. The van der Waals surface area contributed by atoms with E-state index in [0.29, 0.717) is 11.1 Å². The smallest absolute Gasteiger partial charge is 0.340 e. The van der Waals surface area contributed by atoms with Crippen molar-refractivity contribution in [1.29, 1.82) is 10.7 Å². The van der Waals surface area contributed by atoms with Crippen molar-refractivity contribution in [2.75, 3.05) is 6.61 Å². The van der Waals surface area contributed by atoms with Crippen LogP contribution in [-0.4, -0.2) is 17.0 Å². The first-order chi connectivity index (χ1) is 8.69. The van der Waals surface area contributed by atoms with Crippen LogP contribution >= 0.6 is 0 Å². The van der Waals surface area contributed by atoms with Gasteiger partial charge < -0.3 is 9.14 Å². The molecule has 0 fully saturated rings. The van der Waals surface area contributed by atoms with E-state index in [1.807, 2.05) is 6.07 Å². The number of rotatable bonds is 2. The largest absolute Gasteiger partial charge is 0.462 e. The molecule has 2 aromatic rings. The maximum atomic E-state index is 11.8. The SMILES string of the molecule is CCOC(=O)c1cc(C#N)c(=N)n2ccccc12. The molecular weight excluding hydrogens is 230 g/mol. The van der Waals surface area contributed by atoms with Crippen LogP contribution in [0.1, 0.15) is 22.8 Å². The van der Waals surface area contributed by atoms with Gasteiger partial charge in [-0.05, 0) is 25.1 Å². The number of nitrogens with one attached hydrogen (secondary N) is 1. The molecule has 5 heteroatoms. The molecule has 5 nitrogen and oxygen atoms in total. The molecule has 0 saturated heterocycles. The number of carbonyl (C=O) groups is 1. The average molecular weight is 241 g/mol. The molecule has 0 spiro atoms. The van der Waals surface area contributed by atoms with Crippen LogP contribution in [0.4, 0.5) is 0 Å². The lowest BCUT2D eigenvalue weighted by molar-refractivity contribution is 0.0528. The molecule has 90 valence electrons. The van der Waals surface area contributed by atoms with E-state index >= 15 is 0 Å². The maximum absolute atomic E-state index is 11.8. The number of hydrogen-bond donors (Lipinski definition) is 1. The van der Waals surface area contributed by atoms with Crippen LogP contribution in [0.3, 0.4) is 0 Å². The molecule has 0 saturated carbocycles. The summed E-state index contributed by atoms with van der Waals surface area (Å²) in [4.78, 5) is 11.8. The fraction of sp³-hybridized carbons (Fsp3) is 0.154. The maximum Gasteiger partial charge on any atom is 0.340 e. The number of hydrogen-bond acceptors (Lipinski definition) is 4. The van der Waals surface area contributed by atoms with E-state index in [1.54, 1.807) is 31.3 Å². The molecular formula is C13H11N3O2. The summed E-state index contributed by atoms with van der Waals surface area (Å²) in [5, 5.41) is 16.8. The van der Waals surface area contributed by atoms with Crippen molar-refractivity contribution in [2.24, 2.45) is 0 Å². The Morgan fingerprint density at radius 3 is 3.00 bits per heavy atom. The van der Waals surface area contributed by atoms with Crippen LogP contribution < -0.4 is 5.49 Å². The third-order valence-electron chi connectivity index (χ3n) is 2.54. The number of ether oxygens (including phenoxy) is 1. The lowest BCUT2D eigenvalue weighted by atomic mass is 10.1. The minimum absolute atomic E-state index is 0.0566. The highest BCUT2D eigenvalue weighted by molar-refractivity contribution is 5.97. The Hall–Kier alpha value is -2.61. The molecule has 2 heterocycles. The first kappa shape index (κ1) is 11.9. The zero-order valence-electron chi connectivity index (χ0n) is 9.80. The van der Waals surface area contributed by atoms with Gasteiger partial charge in [-0.25, -0.2) is 4.79 Å². The number of fused-ring (bicyclic) bond motifs is 1. The molecule has 0 aliphatic rings. The van der Waals surface area contributed by atoms with Crippen LogP contribution in [0.15, 0.2) is 30.5 Å². The summed E-state index contributed by atoms with van der Waals surface area (Å²) in [5.74, 6) is -0.488. The minimum atomic E-state index is -0.488. The van der Waals surface area contributed by atoms with Crippen LogP contribution in [-0.2, 0) is 4.74 Å². The van der Waals surface area contributed by atoms with Gasteiger partial charge in [0.25, 0.3) is 0 Å². The summed E-state index contributed by atoms with van der Waals surface area (Å²) in [7, 11) is 0. The molecule has 0 amide bonds. The second-order valence-electron chi connectivity index (χ2n) is 3.61. The second kappa shape index (κ2) is 4.72. The molecule has 0 atom stereocenters. The molecule has 1 N–H and O–H groups in total. The van der Waals surface area contributed by atoms with Gasteiger partial charge in [0.05, 0.1) is 23.3 Å². The van der Waals surface area contributed by atoms with E-state index in [4.69, 9.17) is 15.4 Å². The monoisotopic (exact) mass is 241 g/mol. The topological polar surface area (TPSA) is 78.3 Å². The van der Waals surface area contributed by atoms with E-state index in [2.05, 4.69) is 0 Å². The fourth-order valence-electron chi connectivity index (χ4n) is 1.73. The van der Waals surface area contributed by atoms with Gasteiger partial charge in [0, 0.05) is 6.20 Å². The van der Waals surface area contributed by atoms with Gasteiger partial charge in [0.15, 0.2) is 0 Å². The highest BCUT2D eigenvalue weighted by Gasteiger charge is 2.14. The summed E-state index contributed by atoms with van der Waals surface area (Å²) in [5.41, 5.74) is 1.05. The Balaban J connectivity index is 2.81. The van der Waals surface area contributed by atoms with E-state index < -0.39 is 5.97 Å². The van der Waals surface area contributed by atoms with Gasteiger partial charge in [-0.3, -0.25) is 5.41 Å². The quantitative estimate of drug-likeness (QED) is 0.808. The van der Waals surface area contributed by atoms with Crippen molar-refractivity contribution < 1.29 is 9.53 Å². The highest BCUT2D eigenvalue weighted by Crippen LogP contribution is 2.11. The number of pyridine rings is 2. The van der Waals surface area contributed by atoms with E-state index in [1.165, 1.54) is 10.5 Å². The fourth-order valence-corrected chi connectivity index (χ4v) is 1.73. The van der Waals surface area contributed by atoms with Gasteiger partial charge in [-0.15, -0.1) is 0 Å². The van der Waals surface area contributed by atoms with Crippen LogP contribution in [0.5, 0.6) is 0 Å². The zero-order valence-corrected chi connectivity index (χ0v) is 9.80. The number of nitrogens with zero attached hydrogens (tertiary/aromatic N) is 2. The highest BCUT2D eigenvalue weighted by atomic mass is 16.5. The van der Waals surface area contributed by atoms with Crippen LogP contribution in [0, 0.1) is 16.7 Å². The molecule has 0 aliphatic carbocycles. The average Bonchev–Trinajstić information content (AvgIpc) is 2.40. The van der Waals surface area contributed by atoms with Crippen molar-refractivity contribution >= 4 is 11.5 Å². The summed E-state index contributed by atoms with van der Waals surface area (Å²) in [6.45, 7) is 1.99. The Bertz CT molecular complexity index is 710. The van der Waals surface area contributed by atoms with Gasteiger partial charge in [0.1, 0.15) is 11.6 Å². The van der Waals surface area contributed by atoms with E-state index in [9.17, 15) is 4.79 Å². The molecule has 0 radical (unpaired) electrons.